The lowest BCUT2D eigenvalue weighted by Gasteiger charge is -2.00. The van der Waals surface area contributed by atoms with E-state index in [2.05, 4.69) is 0 Å². The average Bonchev–Trinajstić information content (AvgIpc) is 1.96. The van der Waals surface area contributed by atoms with E-state index in [1.54, 1.807) is 0 Å². The number of hydrogen-bond acceptors (Lipinski definition) is 1. The predicted octanol–water partition coefficient (Wildman–Crippen LogP) is 2.13. The maximum absolute atomic E-state index is 13.0. The zero-order valence-electron chi connectivity index (χ0n) is 5.77. The molecule has 2 nitrogen and oxygen atoms in total. The monoisotopic (exact) mass is 391 g/mol. The molecule has 0 radical (unpaired) electrons. The van der Waals surface area contributed by atoms with Crippen LogP contribution in [0.3, 0.4) is 0 Å². The van der Waals surface area contributed by atoms with Crippen molar-refractivity contribution in [2.45, 2.75) is 0 Å². The summed E-state index contributed by atoms with van der Waals surface area (Å²) in [4.78, 5) is 10.7. The van der Waals surface area contributed by atoms with E-state index in [9.17, 15) is 9.18 Å². The van der Waals surface area contributed by atoms with E-state index in [0.29, 0.717) is 0 Å². The molecule has 0 saturated carbocycles. The molecule has 1 amide bonds. The van der Waals surface area contributed by atoms with Crippen LogP contribution < -0.4 is 5.73 Å². The molecule has 0 fully saturated rings. The highest BCUT2D eigenvalue weighted by atomic mass is 127. The third-order valence-electron chi connectivity index (χ3n) is 1.28. The Morgan fingerprint density at radius 3 is 2.33 bits per heavy atom. The number of carbonyl (C=O) groups is 1. The van der Waals surface area contributed by atoms with Gasteiger partial charge in [-0.2, -0.15) is 0 Å². The second kappa shape index (κ2) is 3.86. The molecule has 0 aliphatic carbocycles. The minimum atomic E-state index is -0.734. The predicted molar refractivity (Wildman–Crippen MR) is 60.4 cm³/mol. The summed E-state index contributed by atoms with van der Waals surface area (Å²) in [6, 6.07) is 2.74. The number of hydrogen-bond donors (Lipinski definition) is 1. The first kappa shape index (κ1) is 10.2. The molecule has 64 valence electrons. The van der Waals surface area contributed by atoms with Crippen molar-refractivity contribution in [3.05, 3.63) is 30.7 Å². The third kappa shape index (κ3) is 2.06. The van der Waals surface area contributed by atoms with Crippen LogP contribution in [0.25, 0.3) is 0 Å². The summed E-state index contributed by atoms with van der Waals surface area (Å²) in [5.74, 6) is -1.30. The molecule has 12 heavy (non-hydrogen) atoms. The Labute approximate surface area is 96.0 Å². The molecule has 5 heteroatoms. The van der Waals surface area contributed by atoms with Gasteiger partial charge >= 0.3 is 0 Å². The van der Waals surface area contributed by atoms with E-state index in [1.807, 2.05) is 45.2 Å². The highest BCUT2D eigenvalue weighted by Crippen LogP contribution is 2.19. The smallest absolute Gasteiger partial charge is 0.251 e. The Hall–Kier alpha value is 0.0800. The SMILES string of the molecule is NC(=O)c1cc(I)c(I)cc1F. The average molecular weight is 391 g/mol. The van der Waals surface area contributed by atoms with Crippen molar-refractivity contribution in [3.8, 4) is 0 Å². The van der Waals surface area contributed by atoms with E-state index in [4.69, 9.17) is 5.73 Å². The minimum absolute atomic E-state index is 0.0557. The van der Waals surface area contributed by atoms with Gasteiger partial charge in [0.2, 0.25) is 0 Å². The summed E-state index contributed by atoms with van der Waals surface area (Å²) < 4.78 is 14.6. The van der Waals surface area contributed by atoms with E-state index < -0.39 is 11.7 Å². The van der Waals surface area contributed by atoms with E-state index in [1.165, 1.54) is 12.1 Å². The number of benzene rings is 1. The van der Waals surface area contributed by atoms with Gasteiger partial charge < -0.3 is 5.73 Å². The van der Waals surface area contributed by atoms with Gasteiger partial charge in [-0.15, -0.1) is 0 Å². The molecular weight excluding hydrogens is 387 g/mol. The Balaban J connectivity index is 3.33. The number of primary amides is 1. The van der Waals surface area contributed by atoms with Crippen molar-refractivity contribution >= 4 is 51.1 Å². The molecule has 2 N–H and O–H groups in total. The summed E-state index contributed by atoms with van der Waals surface area (Å²) in [6.45, 7) is 0. The van der Waals surface area contributed by atoms with Gasteiger partial charge in [0.05, 0.1) is 5.56 Å². The van der Waals surface area contributed by atoms with Crippen LogP contribution in [0.15, 0.2) is 12.1 Å². The fourth-order valence-electron chi connectivity index (χ4n) is 0.711. The van der Waals surface area contributed by atoms with E-state index in [0.717, 1.165) is 7.14 Å². The van der Waals surface area contributed by atoms with Crippen LogP contribution in [0.4, 0.5) is 4.39 Å². The maximum Gasteiger partial charge on any atom is 0.251 e. The van der Waals surface area contributed by atoms with Crippen molar-refractivity contribution in [1.82, 2.24) is 0 Å². The minimum Gasteiger partial charge on any atom is -0.366 e. The van der Waals surface area contributed by atoms with Gasteiger partial charge in [0.15, 0.2) is 0 Å². The highest BCUT2D eigenvalue weighted by molar-refractivity contribution is 14.1. The summed E-state index contributed by atoms with van der Waals surface area (Å²) in [6.07, 6.45) is 0. The Morgan fingerprint density at radius 1 is 1.33 bits per heavy atom. The van der Waals surface area contributed by atoms with Crippen molar-refractivity contribution in [1.29, 1.82) is 0 Å². The summed E-state index contributed by atoms with van der Waals surface area (Å²) in [5.41, 5.74) is 4.89. The van der Waals surface area contributed by atoms with E-state index >= 15 is 0 Å². The third-order valence-corrected chi connectivity index (χ3v) is 4.09. The summed E-state index contributed by atoms with van der Waals surface area (Å²) in [7, 11) is 0. The number of halogens is 3. The van der Waals surface area contributed by atoms with Crippen LogP contribution >= 0.6 is 45.2 Å². The number of rotatable bonds is 1. The lowest BCUT2D eigenvalue weighted by Crippen LogP contribution is -2.13. The molecule has 1 aromatic rings. The van der Waals surface area contributed by atoms with E-state index in [-0.39, 0.29) is 5.56 Å². The number of nitrogens with two attached hydrogens (primary N) is 1. The molecule has 0 aliphatic heterocycles. The maximum atomic E-state index is 13.0. The Kier molecular flexibility index (Phi) is 3.27. The summed E-state index contributed by atoms with van der Waals surface area (Å²) >= 11 is 4.01. The van der Waals surface area contributed by atoms with Gasteiger partial charge in [0.1, 0.15) is 5.82 Å². The molecule has 0 aliphatic rings. The molecule has 1 aromatic carbocycles. The largest absolute Gasteiger partial charge is 0.366 e. The highest BCUT2D eigenvalue weighted by Gasteiger charge is 2.10. The fraction of sp³-hybridized carbons (Fsp3) is 0. The quantitative estimate of drug-likeness (QED) is 0.579. The van der Waals surface area contributed by atoms with Gasteiger partial charge in [-0.1, -0.05) is 0 Å². The molecule has 0 unspecified atom stereocenters. The second-order valence-electron chi connectivity index (χ2n) is 2.11. The van der Waals surface area contributed by atoms with Crippen LogP contribution in [0.2, 0.25) is 0 Å². The van der Waals surface area contributed by atoms with Crippen LogP contribution in [0, 0.1) is 13.0 Å². The molecule has 0 atom stereocenters. The molecular formula is C7H4FI2NO. The topological polar surface area (TPSA) is 43.1 Å². The Bertz CT molecular complexity index is 340. The zero-order chi connectivity index (χ0) is 9.30. The second-order valence-corrected chi connectivity index (χ2v) is 4.43. The standard InChI is InChI=1S/C7H4FI2NO/c8-4-2-6(10)5(9)1-3(4)7(11)12/h1-2H,(H2,11,12). The molecule has 0 spiro atoms. The summed E-state index contributed by atoms with van der Waals surface area (Å²) in [5, 5.41) is 0. The van der Waals surface area contributed by atoms with Crippen LogP contribution in [0.1, 0.15) is 10.4 Å². The van der Waals surface area contributed by atoms with Gasteiger partial charge in [-0.25, -0.2) is 4.39 Å². The van der Waals surface area contributed by atoms with Gasteiger partial charge in [-0.3, -0.25) is 4.79 Å². The molecule has 0 heterocycles. The van der Waals surface area contributed by atoms with Crippen molar-refractivity contribution in [3.63, 3.8) is 0 Å². The first-order valence-corrected chi connectivity index (χ1v) is 5.12. The van der Waals surface area contributed by atoms with Crippen molar-refractivity contribution in [2.75, 3.05) is 0 Å². The Morgan fingerprint density at radius 2 is 1.83 bits per heavy atom. The van der Waals surface area contributed by atoms with Crippen molar-refractivity contribution < 1.29 is 9.18 Å². The fourth-order valence-corrected chi connectivity index (χ4v) is 1.61. The molecule has 0 saturated heterocycles. The van der Waals surface area contributed by atoms with Crippen LogP contribution in [-0.4, -0.2) is 5.91 Å². The zero-order valence-corrected chi connectivity index (χ0v) is 10.1. The molecule has 1 rings (SSSR count). The molecule has 0 aromatic heterocycles. The lowest BCUT2D eigenvalue weighted by molar-refractivity contribution is 0.0996. The van der Waals surface area contributed by atoms with Crippen LogP contribution in [0.5, 0.6) is 0 Å². The van der Waals surface area contributed by atoms with Gasteiger partial charge in [0.25, 0.3) is 5.91 Å². The number of carbonyl (C=O) groups excluding carboxylic acids is 1. The van der Waals surface area contributed by atoms with Gasteiger partial charge in [0, 0.05) is 7.14 Å². The normalized spacial score (nSPS) is 9.92. The van der Waals surface area contributed by atoms with Gasteiger partial charge in [-0.05, 0) is 57.3 Å². The lowest BCUT2D eigenvalue weighted by atomic mass is 10.2. The first-order valence-electron chi connectivity index (χ1n) is 2.96. The number of amides is 1. The van der Waals surface area contributed by atoms with Crippen LogP contribution in [-0.2, 0) is 0 Å². The molecule has 0 bridgehead atoms. The van der Waals surface area contributed by atoms with Crippen molar-refractivity contribution in [2.24, 2.45) is 5.73 Å². The first-order chi connectivity index (χ1) is 5.52.